The van der Waals surface area contributed by atoms with Gasteiger partial charge in [-0.25, -0.2) is 0 Å². The van der Waals surface area contributed by atoms with Crippen molar-refractivity contribution in [3.05, 3.63) is 12.7 Å². The topological polar surface area (TPSA) is 3.24 Å². The molecule has 0 saturated heterocycles. The van der Waals surface area contributed by atoms with Gasteiger partial charge in [0.1, 0.15) is 8.24 Å². The zero-order valence-corrected chi connectivity index (χ0v) is 11.0. The molecule has 0 saturated carbocycles. The molecular formula is C10H22LiNSi. The summed E-state index contributed by atoms with van der Waals surface area (Å²) in [6, 6.07) is 0. The molecule has 0 aliphatic rings. The van der Waals surface area contributed by atoms with Crippen LogP contribution < -0.4 is 18.9 Å². The molecule has 0 unspecified atom stereocenters. The van der Waals surface area contributed by atoms with E-state index in [1.165, 1.54) is 19.4 Å². The Morgan fingerprint density at radius 2 is 1.85 bits per heavy atom. The van der Waals surface area contributed by atoms with E-state index in [1.807, 2.05) is 0 Å². The van der Waals surface area contributed by atoms with E-state index in [0.717, 1.165) is 6.54 Å². The molecule has 72 valence electrons. The van der Waals surface area contributed by atoms with Gasteiger partial charge < -0.3 is 10.6 Å². The third-order valence-corrected chi connectivity index (χ3v) is 4.31. The van der Waals surface area contributed by atoms with Crippen LogP contribution in [0.1, 0.15) is 19.8 Å². The maximum absolute atomic E-state index is 3.68. The smallest absolute Gasteiger partial charge is 0.490 e. The van der Waals surface area contributed by atoms with Gasteiger partial charge in [0.05, 0.1) is 0 Å². The predicted octanol–water partition coefficient (Wildman–Crippen LogP) is -0.0834. The summed E-state index contributed by atoms with van der Waals surface area (Å²) in [5, 5.41) is 0. The first-order chi connectivity index (χ1) is 5.52. The Morgan fingerprint density at radius 1 is 1.31 bits per heavy atom. The molecule has 0 bridgehead atoms. The fraction of sp³-hybridized carbons (Fsp3) is 0.800. The summed E-state index contributed by atoms with van der Waals surface area (Å²) in [4.78, 5) is 0. The van der Waals surface area contributed by atoms with Crippen LogP contribution in [0.25, 0.3) is 0 Å². The number of hydrogen-bond acceptors (Lipinski definition) is 1. The van der Waals surface area contributed by atoms with Crippen LogP contribution in [0.5, 0.6) is 0 Å². The average molecular weight is 191 g/mol. The first-order valence-electron chi connectivity index (χ1n) is 4.77. The molecule has 13 heavy (non-hydrogen) atoms. The minimum absolute atomic E-state index is 0. The van der Waals surface area contributed by atoms with Crippen LogP contribution in [0, 0.1) is 6.08 Å². The Labute approximate surface area is 96.9 Å². The third kappa shape index (κ3) is 7.57. The Bertz CT molecular complexity index is 131. The van der Waals surface area contributed by atoms with Gasteiger partial charge in [-0.15, -0.1) is 6.54 Å². The van der Waals surface area contributed by atoms with Gasteiger partial charge in [0.25, 0.3) is 0 Å². The van der Waals surface area contributed by atoms with E-state index < -0.39 is 8.24 Å². The van der Waals surface area contributed by atoms with Crippen LogP contribution in [-0.2, 0) is 0 Å². The molecule has 0 fully saturated rings. The van der Waals surface area contributed by atoms with Gasteiger partial charge in [0.15, 0.2) is 0 Å². The van der Waals surface area contributed by atoms with Gasteiger partial charge >= 0.3 is 18.9 Å². The molecule has 0 aromatic rings. The molecule has 0 N–H and O–H groups in total. The summed E-state index contributed by atoms with van der Waals surface area (Å²) in [7, 11) is -1.11. The molecule has 0 spiro atoms. The van der Waals surface area contributed by atoms with Crippen LogP contribution in [-0.4, -0.2) is 25.9 Å². The van der Waals surface area contributed by atoms with E-state index in [1.54, 1.807) is 0 Å². The normalized spacial score (nSPS) is 11.2. The maximum Gasteiger partial charge on any atom is 1.00 e. The monoisotopic (exact) mass is 191 g/mol. The predicted molar refractivity (Wildman–Crippen MR) is 58.7 cm³/mol. The van der Waals surface area contributed by atoms with Crippen molar-refractivity contribution in [2.24, 2.45) is 0 Å². The Morgan fingerprint density at radius 3 is 2.15 bits per heavy atom. The molecule has 0 radical (unpaired) electrons. The van der Waals surface area contributed by atoms with E-state index >= 15 is 0 Å². The second-order valence-corrected chi connectivity index (χ2v) is 9.17. The molecule has 0 aromatic carbocycles. The molecule has 1 nitrogen and oxygen atoms in total. The quantitative estimate of drug-likeness (QED) is 0.419. The van der Waals surface area contributed by atoms with E-state index in [4.69, 9.17) is 0 Å². The van der Waals surface area contributed by atoms with E-state index in [9.17, 15) is 0 Å². The summed E-state index contributed by atoms with van der Waals surface area (Å²) in [6.45, 7) is 15.2. The molecule has 0 heterocycles. The van der Waals surface area contributed by atoms with Crippen molar-refractivity contribution in [1.82, 2.24) is 4.57 Å². The Balaban J connectivity index is 0. The zero-order valence-electron chi connectivity index (χ0n) is 9.98. The van der Waals surface area contributed by atoms with Crippen molar-refractivity contribution >= 4 is 8.24 Å². The second kappa shape index (κ2) is 7.88. The van der Waals surface area contributed by atoms with Crippen LogP contribution in [0.2, 0.25) is 19.6 Å². The van der Waals surface area contributed by atoms with Crippen LogP contribution in [0.4, 0.5) is 0 Å². The maximum atomic E-state index is 3.68. The second-order valence-electron chi connectivity index (χ2n) is 4.20. The van der Waals surface area contributed by atoms with Gasteiger partial charge in [-0.3, -0.25) is 6.58 Å². The Kier molecular flexibility index (Phi) is 9.67. The minimum atomic E-state index is -1.11. The van der Waals surface area contributed by atoms with Crippen molar-refractivity contribution < 1.29 is 18.9 Å². The molecule has 0 aliphatic heterocycles. The Hall–Kier alpha value is 0.514. The van der Waals surface area contributed by atoms with Crippen molar-refractivity contribution in [1.29, 1.82) is 0 Å². The van der Waals surface area contributed by atoms with E-state index in [2.05, 4.69) is 43.8 Å². The van der Waals surface area contributed by atoms with Crippen molar-refractivity contribution in [2.45, 2.75) is 39.4 Å². The molecule has 0 amide bonds. The largest absolute Gasteiger partial charge is 1.00 e. The summed E-state index contributed by atoms with van der Waals surface area (Å²) in [6.07, 6.45) is 5.57. The zero-order chi connectivity index (χ0) is 9.61. The molecule has 3 heteroatoms. The number of nitrogens with zero attached hydrogens (tertiary/aromatic N) is 1. The number of unbranched alkanes of at least 4 members (excludes halogenated alkanes) is 1. The standard InChI is InChI=1S/C10H22NSi.Li/c1-6-8-10-11(9-7-2)12(3,4)5;/h2,6,8-10H2,1,3-5H3;/q-1;+1. The van der Waals surface area contributed by atoms with Gasteiger partial charge in [-0.2, -0.15) is 0 Å². The summed E-state index contributed by atoms with van der Waals surface area (Å²) >= 11 is 0. The number of hydrogen-bond donors (Lipinski definition) is 0. The molecule has 0 aromatic heterocycles. The third-order valence-electron chi connectivity index (χ3n) is 2.03. The van der Waals surface area contributed by atoms with Crippen molar-refractivity contribution in [2.75, 3.05) is 13.1 Å². The van der Waals surface area contributed by atoms with Gasteiger partial charge in [0, 0.05) is 0 Å². The SMILES string of the molecule is C=[C-]CN(CCCC)[Si](C)(C)C.[Li+]. The summed E-state index contributed by atoms with van der Waals surface area (Å²) in [5.74, 6) is 0. The van der Waals surface area contributed by atoms with Crippen LogP contribution in [0.15, 0.2) is 6.58 Å². The first kappa shape index (κ1) is 16.0. The van der Waals surface area contributed by atoms with Crippen LogP contribution in [0.3, 0.4) is 0 Å². The van der Waals surface area contributed by atoms with Crippen molar-refractivity contribution in [3.63, 3.8) is 0 Å². The summed E-state index contributed by atoms with van der Waals surface area (Å²) in [5.41, 5.74) is 0. The molecule has 0 atom stereocenters. The molecular weight excluding hydrogens is 169 g/mol. The van der Waals surface area contributed by atoms with Gasteiger partial charge in [-0.1, -0.05) is 33.0 Å². The average Bonchev–Trinajstić information content (AvgIpc) is 1.95. The van der Waals surface area contributed by atoms with Crippen LogP contribution >= 0.6 is 0 Å². The van der Waals surface area contributed by atoms with E-state index in [0.29, 0.717) is 0 Å². The fourth-order valence-corrected chi connectivity index (χ4v) is 2.55. The summed E-state index contributed by atoms with van der Waals surface area (Å²) < 4.78 is 2.55. The van der Waals surface area contributed by atoms with Crippen molar-refractivity contribution in [3.8, 4) is 0 Å². The molecule has 0 rings (SSSR count). The fourth-order valence-electron chi connectivity index (χ4n) is 1.14. The van der Waals surface area contributed by atoms with Gasteiger partial charge in [0.2, 0.25) is 0 Å². The van der Waals surface area contributed by atoms with Gasteiger partial charge in [-0.05, 0) is 13.0 Å². The number of rotatable bonds is 6. The van der Waals surface area contributed by atoms with E-state index in [-0.39, 0.29) is 18.9 Å². The minimum Gasteiger partial charge on any atom is -0.490 e. The molecule has 0 aliphatic carbocycles. The first-order valence-corrected chi connectivity index (χ1v) is 8.22.